The first-order valence-electron chi connectivity index (χ1n) is 6.92. The molecule has 1 rings (SSSR count). The van der Waals surface area contributed by atoms with Gasteiger partial charge in [-0.25, -0.2) is 10.2 Å². The SMILES string of the molecule is Cc1cc(C)c(C(C)NNC(=O)OC(C)(C)C)c(C)c1. The summed E-state index contributed by atoms with van der Waals surface area (Å²) in [6.45, 7) is 13.8. The molecule has 0 radical (unpaired) electrons. The zero-order valence-electron chi connectivity index (χ0n) is 13.5. The number of rotatable bonds is 3. The Morgan fingerprint density at radius 3 is 2.10 bits per heavy atom. The molecule has 1 unspecified atom stereocenters. The maximum atomic E-state index is 11.6. The van der Waals surface area contributed by atoms with Crippen molar-refractivity contribution in [1.29, 1.82) is 0 Å². The number of nitrogens with one attached hydrogen (secondary N) is 2. The molecule has 0 aliphatic heterocycles. The third-order valence-corrected chi connectivity index (χ3v) is 2.96. The maximum Gasteiger partial charge on any atom is 0.422 e. The molecule has 1 atom stereocenters. The lowest BCUT2D eigenvalue weighted by molar-refractivity contribution is 0.0489. The third kappa shape index (κ3) is 4.85. The molecule has 0 saturated heterocycles. The molecule has 20 heavy (non-hydrogen) atoms. The summed E-state index contributed by atoms with van der Waals surface area (Å²) < 4.78 is 5.19. The highest BCUT2D eigenvalue weighted by Crippen LogP contribution is 2.22. The van der Waals surface area contributed by atoms with Gasteiger partial charge in [-0.3, -0.25) is 5.43 Å². The molecule has 2 N–H and O–H groups in total. The standard InChI is InChI=1S/C16H26N2O2/c1-10-8-11(2)14(12(3)9-10)13(4)17-18-15(19)20-16(5,6)7/h8-9,13,17H,1-7H3,(H,18,19). The molecular weight excluding hydrogens is 252 g/mol. The minimum Gasteiger partial charge on any atom is -0.443 e. The number of hydrazine groups is 1. The average Bonchev–Trinajstić information content (AvgIpc) is 2.22. The molecule has 0 aliphatic carbocycles. The first-order chi connectivity index (χ1) is 9.10. The Morgan fingerprint density at radius 1 is 1.15 bits per heavy atom. The quantitative estimate of drug-likeness (QED) is 0.829. The highest BCUT2D eigenvalue weighted by atomic mass is 16.6. The second-order valence-electron chi connectivity index (χ2n) is 6.31. The van der Waals surface area contributed by atoms with E-state index in [0.717, 1.165) is 0 Å². The van der Waals surface area contributed by atoms with Gasteiger partial charge in [0.15, 0.2) is 0 Å². The smallest absolute Gasteiger partial charge is 0.422 e. The molecular formula is C16H26N2O2. The van der Waals surface area contributed by atoms with E-state index < -0.39 is 11.7 Å². The van der Waals surface area contributed by atoms with Crippen molar-refractivity contribution in [3.63, 3.8) is 0 Å². The molecule has 0 saturated carbocycles. The summed E-state index contributed by atoms with van der Waals surface area (Å²) >= 11 is 0. The largest absolute Gasteiger partial charge is 0.443 e. The van der Waals surface area contributed by atoms with Crippen LogP contribution in [-0.2, 0) is 4.74 Å². The lowest BCUT2D eigenvalue weighted by Crippen LogP contribution is -2.42. The number of amides is 1. The van der Waals surface area contributed by atoms with Crippen LogP contribution in [0.5, 0.6) is 0 Å². The van der Waals surface area contributed by atoms with Crippen LogP contribution in [0.2, 0.25) is 0 Å². The molecule has 0 aromatic heterocycles. The highest BCUT2D eigenvalue weighted by Gasteiger charge is 2.17. The van der Waals surface area contributed by atoms with Crippen LogP contribution in [0.25, 0.3) is 0 Å². The van der Waals surface area contributed by atoms with Crippen LogP contribution < -0.4 is 10.9 Å². The Balaban J connectivity index is 2.69. The fourth-order valence-corrected chi connectivity index (χ4v) is 2.42. The van der Waals surface area contributed by atoms with E-state index in [0.29, 0.717) is 0 Å². The second-order valence-corrected chi connectivity index (χ2v) is 6.31. The predicted molar refractivity (Wildman–Crippen MR) is 81.6 cm³/mol. The van der Waals surface area contributed by atoms with Crippen LogP contribution in [0.3, 0.4) is 0 Å². The number of ether oxygens (including phenoxy) is 1. The van der Waals surface area contributed by atoms with Crippen LogP contribution in [-0.4, -0.2) is 11.7 Å². The van der Waals surface area contributed by atoms with Crippen LogP contribution in [0, 0.1) is 20.8 Å². The van der Waals surface area contributed by atoms with Gasteiger partial charge >= 0.3 is 6.09 Å². The van der Waals surface area contributed by atoms with Crippen LogP contribution in [0.1, 0.15) is 56.0 Å². The van der Waals surface area contributed by atoms with Gasteiger partial charge in [0.05, 0.1) is 0 Å². The molecule has 1 aromatic carbocycles. The van der Waals surface area contributed by atoms with Gasteiger partial charge in [0, 0.05) is 6.04 Å². The van der Waals surface area contributed by atoms with E-state index >= 15 is 0 Å². The fraction of sp³-hybridized carbons (Fsp3) is 0.562. The van der Waals surface area contributed by atoms with Crippen LogP contribution in [0.15, 0.2) is 12.1 Å². The zero-order chi connectivity index (χ0) is 15.5. The monoisotopic (exact) mass is 278 g/mol. The Bertz CT molecular complexity index is 467. The first kappa shape index (κ1) is 16.5. The van der Waals surface area contributed by atoms with Gasteiger partial charge in [0.25, 0.3) is 0 Å². The Hall–Kier alpha value is -1.55. The van der Waals surface area contributed by atoms with Gasteiger partial charge in [-0.05, 0) is 65.2 Å². The summed E-state index contributed by atoms with van der Waals surface area (Å²) in [7, 11) is 0. The molecule has 0 fully saturated rings. The van der Waals surface area contributed by atoms with Crippen molar-refractivity contribution in [3.05, 3.63) is 34.4 Å². The van der Waals surface area contributed by atoms with Crippen LogP contribution >= 0.6 is 0 Å². The number of hydrogen-bond donors (Lipinski definition) is 2. The van der Waals surface area contributed by atoms with Crippen molar-refractivity contribution >= 4 is 6.09 Å². The first-order valence-corrected chi connectivity index (χ1v) is 6.92. The predicted octanol–water partition coefficient (Wildman–Crippen LogP) is 3.70. The number of benzene rings is 1. The number of carbonyl (C=O) groups excluding carboxylic acids is 1. The minimum absolute atomic E-state index is 0.0168. The van der Waals surface area contributed by atoms with Gasteiger partial charge in [0.1, 0.15) is 5.60 Å². The van der Waals surface area contributed by atoms with Crippen molar-refractivity contribution in [3.8, 4) is 0 Å². The van der Waals surface area contributed by atoms with Crippen molar-refractivity contribution in [2.24, 2.45) is 0 Å². The van der Waals surface area contributed by atoms with E-state index in [4.69, 9.17) is 4.74 Å². The van der Waals surface area contributed by atoms with Crippen molar-refractivity contribution in [1.82, 2.24) is 10.9 Å². The summed E-state index contributed by atoms with van der Waals surface area (Å²) in [6.07, 6.45) is -0.466. The molecule has 1 amide bonds. The van der Waals surface area contributed by atoms with E-state index in [2.05, 4.69) is 43.8 Å². The van der Waals surface area contributed by atoms with Gasteiger partial charge in [-0.2, -0.15) is 0 Å². The normalized spacial score (nSPS) is 12.9. The molecule has 4 nitrogen and oxygen atoms in total. The fourth-order valence-electron chi connectivity index (χ4n) is 2.42. The molecule has 1 aromatic rings. The molecule has 4 heteroatoms. The van der Waals surface area contributed by atoms with Crippen LogP contribution in [0.4, 0.5) is 4.79 Å². The maximum absolute atomic E-state index is 11.6. The summed E-state index contributed by atoms with van der Waals surface area (Å²) in [5.41, 5.74) is 9.98. The van der Waals surface area contributed by atoms with Crippen molar-refractivity contribution in [2.45, 2.75) is 60.1 Å². The third-order valence-electron chi connectivity index (χ3n) is 2.96. The lowest BCUT2D eigenvalue weighted by Gasteiger charge is -2.23. The van der Waals surface area contributed by atoms with Gasteiger partial charge in [-0.15, -0.1) is 0 Å². The zero-order valence-corrected chi connectivity index (χ0v) is 13.5. The van der Waals surface area contributed by atoms with Crippen molar-refractivity contribution < 1.29 is 9.53 Å². The Morgan fingerprint density at radius 2 is 1.65 bits per heavy atom. The summed E-state index contributed by atoms with van der Waals surface area (Å²) in [4.78, 5) is 11.6. The molecule has 0 spiro atoms. The molecule has 112 valence electrons. The summed E-state index contributed by atoms with van der Waals surface area (Å²) in [6, 6.07) is 4.31. The van der Waals surface area contributed by atoms with E-state index in [1.807, 2.05) is 27.7 Å². The van der Waals surface area contributed by atoms with E-state index in [1.165, 1.54) is 22.3 Å². The number of hydrogen-bond acceptors (Lipinski definition) is 3. The second kappa shape index (κ2) is 6.27. The molecule has 0 aliphatic rings. The van der Waals surface area contributed by atoms with Gasteiger partial charge in [0.2, 0.25) is 0 Å². The van der Waals surface area contributed by atoms with E-state index in [9.17, 15) is 4.79 Å². The Kier molecular flexibility index (Phi) is 5.17. The number of aryl methyl sites for hydroxylation is 3. The van der Waals surface area contributed by atoms with Gasteiger partial charge < -0.3 is 4.74 Å². The topological polar surface area (TPSA) is 50.4 Å². The highest BCUT2D eigenvalue weighted by molar-refractivity contribution is 5.67. The van der Waals surface area contributed by atoms with E-state index in [-0.39, 0.29) is 6.04 Å². The van der Waals surface area contributed by atoms with E-state index in [1.54, 1.807) is 0 Å². The van der Waals surface area contributed by atoms with Gasteiger partial charge in [-0.1, -0.05) is 17.7 Å². The molecule has 0 heterocycles. The average molecular weight is 278 g/mol. The molecule has 0 bridgehead atoms. The Labute approximate surface area is 121 Å². The summed E-state index contributed by atoms with van der Waals surface area (Å²) in [5.74, 6) is 0. The van der Waals surface area contributed by atoms with Crippen molar-refractivity contribution in [2.75, 3.05) is 0 Å². The minimum atomic E-state index is -0.495. The number of carbonyl (C=O) groups is 1. The summed E-state index contributed by atoms with van der Waals surface area (Å²) in [5, 5.41) is 0. The lowest BCUT2D eigenvalue weighted by atomic mass is 9.95.